The van der Waals surface area contributed by atoms with Crippen molar-refractivity contribution in [3.8, 4) is 0 Å². The molecule has 54 valence electrons. The van der Waals surface area contributed by atoms with E-state index in [1.807, 2.05) is 13.8 Å². The maximum atomic E-state index is 10.9. The van der Waals surface area contributed by atoms with E-state index in [9.17, 15) is 9.00 Å². The molecule has 0 saturated heterocycles. The molecule has 0 amide bonds. The van der Waals surface area contributed by atoms with Crippen LogP contribution in [0.15, 0.2) is 0 Å². The highest BCUT2D eigenvalue weighted by molar-refractivity contribution is 7.86. The van der Waals surface area contributed by atoms with E-state index in [-0.39, 0.29) is 11.0 Å². The highest BCUT2D eigenvalue weighted by Gasteiger charge is 2.05. The summed E-state index contributed by atoms with van der Waals surface area (Å²) in [6, 6.07) is 0. The molecule has 9 heavy (non-hydrogen) atoms. The summed E-state index contributed by atoms with van der Waals surface area (Å²) in [5.74, 6) is 0.189. The van der Waals surface area contributed by atoms with Crippen LogP contribution in [-0.4, -0.2) is 21.5 Å². The van der Waals surface area contributed by atoms with Crippen LogP contribution >= 0.6 is 0 Å². The monoisotopic (exact) mass is 148 g/mol. The van der Waals surface area contributed by atoms with Gasteiger partial charge in [0.25, 0.3) is 0 Å². The Morgan fingerprint density at radius 3 is 2.56 bits per heavy atom. The zero-order valence-electron chi connectivity index (χ0n) is 5.79. The minimum Gasteiger partial charge on any atom is -0.302 e. The molecule has 0 aliphatic heterocycles. The van der Waals surface area contributed by atoms with Crippen molar-refractivity contribution in [3.05, 3.63) is 0 Å². The first kappa shape index (κ1) is 8.82. The van der Waals surface area contributed by atoms with Gasteiger partial charge < -0.3 is 4.79 Å². The van der Waals surface area contributed by atoms with Crippen LogP contribution in [0.5, 0.6) is 0 Å². The van der Waals surface area contributed by atoms with Crippen molar-refractivity contribution in [1.29, 1.82) is 0 Å². The van der Waals surface area contributed by atoms with Crippen molar-refractivity contribution in [3.63, 3.8) is 0 Å². The first-order chi connectivity index (χ1) is 4.22. The summed E-state index contributed by atoms with van der Waals surface area (Å²) in [6.45, 7) is 3.85. The Balaban J connectivity index is 3.58. The molecule has 0 fully saturated rings. The molecule has 0 spiro atoms. The van der Waals surface area contributed by atoms with Gasteiger partial charge in [-0.3, -0.25) is 4.21 Å². The summed E-state index contributed by atoms with van der Waals surface area (Å²) in [6.07, 6.45) is 1.59. The molecule has 2 unspecified atom stereocenters. The molecule has 2 atom stereocenters. The van der Waals surface area contributed by atoms with Crippen LogP contribution in [0.25, 0.3) is 0 Å². The predicted octanol–water partition coefficient (Wildman–Crippen LogP) is 0.732. The molecule has 0 aromatic carbocycles. The van der Waals surface area contributed by atoms with Gasteiger partial charge in [0.05, 0.1) is 5.75 Å². The average molecular weight is 148 g/mol. The lowest BCUT2D eigenvalue weighted by Crippen LogP contribution is -2.12. The molecule has 0 rings (SSSR count). The van der Waals surface area contributed by atoms with Crippen LogP contribution in [0.2, 0.25) is 0 Å². The lowest BCUT2D eigenvalue weighted by Gasteiger charge is -2.03. The molecule has 0 aliphatic carbocycles. The molecular weight excluding hydrogens is 136 g/mol. The summed E-state index contributed by atoms with van der Waals surface area (Å²) >= 11 is 0. The van der Waals surface area contributed by atoms with Crippen LogP contribution in [0, 0.1) is 0 Å². The first-order valence-electron chi connectivity index (χ1n) is 3.03. The highest BCUT2D eigenvalue weighted by Crippen LogP contribution is 1.98. The Bertz CT molecular complexity index is 112. The zero-order chi connectivity index (χ0) is 7.28. The second-order valence-corrected chi connectivity index (χ2v) is 3.83. The highest BCUT2D eigenvalue weighted by atomic mass is 32.2. The van der Waals surface area contributed by atoms with Gasteiger partial charge in [-0.25, -0.2) is 0 Å². The number of aldehydes is 1. The predicted molar refractivity (Wildman–Crippen MR) is 38.8 cm³/mol. The lowest BCUT2D eigenvalue weighted by atomic mass is 10.4. The van der Waals surface area contributed by atoms with Gasteiger partial charge in [0.15, 0.2) is 0 Å². The Hall–Kier alpha value is -0.180. The van der Waals surface area contributed by atoms with Crippen molar-refractivity contribution in [1.82, 2.24) is 0 Å². The topological polar surface area (TPSA) is 34.1 Å². The minimum absolute atomic E-state index is 0.162. The Kier molecular flexibility index (Phi) is 4.58. The van der Waals surface area contributed by atoms with E-state index in [1.54, 1.807) is 0 Å². The van der Waals surface area contributed by atoms with Gasteiger partial charge >= 0.3 is 0 Å². The van der Waals surface area contributed by atoms with Crippen LogP contribution < -0.4 is 0 Å². The number of hydrogen-bond donors (Lipinski definition) is 0. The van der Waals surface area contributed by atoms with Crippen LogP contribution in [-0.2, 0) is 15.6 Å². The quantitative estimate of drug-likeness (QED) is 0.551. The summed E-state index contributed by atoms with van der Waals surface area (Å²) in [5, 5.41) is 0.162. The molecule has 2 nitrogen and oxygen atoms in total. The van der Waals surface area contributed by atoms with Gasteiger partial charge in [0.2, 0.25) is 0 Å². The van der Waals surface area contributed by atoms with Gasteiger partial charge in [0, 0.05) is 16.0 Å². The van der Waals surface area contributed by atoms with E-state index in [1.165, 1.54) is 0 Å². The van der Waals surface area contributed by atoms with Gasteiger partial charge in [-0.1, -0.05) is 13.8 Å². The van der Waals surface area contributed by atoms with Crippen LogP contribution in [0.3, 0.4) is 0 Å². The molecule has 0 radical (unpaired) electrons. The van der Waals surface area contributed by atoms with Crippen molar-refractivity contribution in [2.75, 3.05) is 5.75 Å². The standard InChI is InChI=1S/C6H12O2S/c1-3-6(2)9(8)5-4-7/h4,6H,3,5H2,1-2H3. The molecule has 0 bridgehead atoms. The number of carbonyl (C=O) groups excluding carboxylic acids is 1. The van der Waals surface area contributed by atoms with Crippen molar-refractivity contribution in [2.24, 2.45) is 0 Å². The van der Waals surface area contributed by atoms with Crippen LogP contribution in [0.1, 0.15) is 20.3 Å². The Morgan fingerprint density at radius 2 is 2.22 bits per heavy atom. The third-order valence-corrected chi connectivity index (χ3v) is 2.95. The summed E-state index contributed by atoms with van der Waals surface area (Å²) in [4.78, 5) is 9.84. The Morgan fingerprint density at radius 1 is 1.67 bits per heavy atom. The fourth-order valence-corrected chi connectivity index (χ4v) is 1.25. The molecule has 0 aliphatic rings. The summed E-state index contributed by atoms with van der Waals surface area (Å²) in [7, 11) is -0.933. The second-order valence-electron chi connectivity index (χ2n) is 1.93. The smallest absolute Gasteiger partial charge is 0.132 e. The van der Waals surface area contributed by atoms with E-state index in [4.69, 9.17) is 0 Å². The molecule has 3 heteroatoms. The molecule has 0 aromatic heterocycles. The molecule has 0 heterocycles. The molecule has 0 N–H and O–H groups in total. The first-order valence-corrected chi connectivity index (χ1v) is 4.41. The molecular formula is C6H12O2S. The van der Waals surface area contributed by atoms with Gasteiger partial charge in [-0.05, 0) is 6.42 Å². The average Bonchev–Trinajstić information content (AvgIpc) is 1.87. The lowest BCUT2D eigenvalue weighted by molar-refractivity contribution is -0.105. The Labute approximate surface area is 58.1 Å². The molecule has 0 saturated carbocycles. The van der Waals surface area contributed by atoms with E-state index in [0.717, 1.165) is 6.42 Å². The summed E-state index contributed by atoms with van der Waals surface area (Å²) < 4.78 is 10.9. The number of rotatable bonds is 4. The van der Waals surface area contributed by atoms with Crippen LogP contribution in [0.4, 0.5) is 0 Å². The largest absolute Gasteiger partial charge is 0.302 e. The maximum Gasteiger partial charge on any atom is 0.132 e. The molecule has 0 aromatic rings. The SMILES string of the molecule is CCC(C)S(=O)CC=O. The number of carbonyl (C=O) groups is 1. The van der Waals surface area contributed by atoms with Gasteiger partial charge in [-0.15, -0.1) is 0 Å². The fraction of sp³-hybridized carbons (Fsp3) is 0.833. The van der Waals surface area contributed by atoms with Crippen molar-refractivity contribution < 1.29 is 9.00 Å². The summed E-state index contributed by atoms with van der Waals surface area (Å²) in [5.41, 5.74) is 0. The third-order valence-electron chi connectivity index (χ3n) is 1.26. The van der Waals surface area contributed by atoms with E-state index in [0.29, 0.717) is 6.29 Å². The van der Waals surface area contributed by atoms with Gasteiger partial charge in [0.1, 0.15) is 6.29 Å². The number of hydrogen-bond acceptors (Lipinski definition) is 2. The normalized spacial score (nSPS) is 16.7. The van der Waals surface area contributed by atoms with Gasteiger partial charge in [-0.2, -0.15) is 0 Å². The minimum atomic E-state index is -0.933. The van der Waals surface area contributed by atoms with E-state index in [2.05, 4.69) is 0 Å². The second kappa shape index (κ2) is 4.68. The zero-order valence-corrected chi connectivity index (χ0v) is 6.61. The van der Waals surface area contributed by atoms with Crippen molar-refractivity contribution in [2.45, 2.75) is 25.5 Å². The third kappa shape index (κ3) is 3.40. The van der Waals surface area contributed by atoms with E-state index >= 15 is 0 Å². The maximum absolute atomic E-state index is 10.9. The fourth-order valence-electron chi connectivity index (χ4n) is 0.417. The van der Waals surface area contributed by atoms with Crippen molar-refractivity contribution >= 4 is 17.1 Å². The van der Waals surface area contributed by atoms with E-state index < -0.39 is 10.8 Å².